The number of aliphatic carboxylic acids is 1. The zero-order valence-electron chi connectivity index (χ0n) is 11.4. The van der Waals surface area contributed by atoms with Gasteiger partial charge in [-0.25, -0.2) is 0 Å². The molecular weight excluding hydrogens is 234 g/mol. The summed E-state index contributed by atoms with van der Waals surface area (Å²) in [5, 5.41) is 12.7. The molecule has 0 unspecified atom stereocenters. The van der Waals surface area contributed by atoms with Gasteiger partial charge in [0.15, 0.2) is 0 Å². The van der Waals surface area contributed by atoms with Crippen LogP contribution in [0.15, 0.2) is 4.52 Å². The number of carbonyl (C=O) groups is 1. The second-order valence-electron chi connectivity index (χ2n) is 5.07. The molecule has 102 valence electrons. The predicted octanol–water partition coefficient (Wildman–Crippen LogP) is 1.96. The number of carboxylic acids is 1. The summed E-state index contributed by atoms with van der Waals surface area (Å²) in [6.07, 6.45) is 0.545. The van der Waals surface area contributed by atoms with E-state index in [1.165, 1.54) is 0 Å². The van der Waals surface area contributed by atoms with Crippen molar-refractivity contribution in [2.45, 2.75) is 40.5 Å². The molecule has 1 aromatic rings. The third kappa shape index (κ3) is 4.01. The van der Waals surface area contributed by atoms with Gasteiger partial charge in [0.1, 0.15) is 0 Å². The van der Waals surface area contributed by atoms with Crippen LogP contribution >= 0.6 is 0 Å². The van der Waals surface area contributed by atoms with Crippen LogP contribution in [0.3, 0.4) is 0 Å². The van der Waals surface area contributed by atoms with E-state index in [1.54, 1.807) is 0 Å². The first kappa shape index (κ1) is 14.5. The third-order valence-electron chi connectivity index (χ3n) is 2.76. The largest absolute Gasteiger partial charge is 0.481 e. The Morgan fingerprint density at radius 2 is 2.00 bits per heavy atom. The first-order chi connectivity index (χ1) is 8.38. The fourth-order valence-corrected chi connectivity index (χ4v) is 1.83. The van der Waals surface area contributed by atoms with Crippen LogP contribution in [0.2, 0.25) is 0 Å². The van der Waals surface area contributed by atoms with Gasteiger partial charge in [0.25, 0.3) is 5.95 Å². The van der Waals surface area contributed by atoms with Gasteiger partial charge in [0.05, 0.1) is 6.42 Å². The normalized spacial score (nSPS) is 11.6. The maximum atomic E-state index is 10.7. The van der Waals surface area contributed by atoms with Crippen LogP contribution in [0.1, 0.15) is 40.0 Å². The van der Waals surface area contributed by atoms with Crippen LogP contribution in [0.5, 0.6) is 0 Å². The van der Waals surface area contributed by atoms with Crippen LogP contribution in [-0.2, 0) is 11.2 Å². The Labute approximate surface area is 107 Å². The highest BCUT2D eigenvalue weighted by Gasteiger charge is 2.25. The molecule has 18 heavy (non-hydrogen) atoms. The Bertz CT molecular complexity index is 397. The van der Waals surface area contributed by atoms with E-state index in [9.17, 15) is 4.79 Å². The van der Waals surface area contributed by atoms with Gasteiger partial charge in [0, 0.05) is 19.5 Å². The molecule has 0 saturated carbocycles. The van der Waals surface area contributed by atoms with Gasteiger partial charge in [-0.3, -0.25) is 4.79 Å². The Balaban J connectivity index is 2.71. The van der Waals surface area contributed by atoms with E-state index in [2.05, 4.69) is 10.1 Å². The third-order valence-corrected chi connectivity index (χ3v) is 2.76. The highest BCUT2D eigenvalue weighted by molar-refractivity contribution is 5.67. The minimum atomic E-state index is -0.816. The molecule has 0 spiro atoms. The van der Waals surface area contributed by atoms with Gasteiger partial charge in [-0.2, -0.15) is 4.98 Å². The lowest BCUT2D eigenvalue weighted by Gasteiger charge is -2.19. The van der Waals surface area contributed by atoms with Gasteiger partial charge >= 0.3 is 5.97 Å². The number of nitrogens with zero attached hydrogens (tertiary/aromatic N) is 3. The number of hydrogen-bond acceptors (Lipinski definition) is 5. The van der Waals surface area contributed by atoms with Gasteiger partial charge in [-0.05, 0) is 24.4 Å². The number of anilines is 1. The summed E-state index contributed by atoms with van der Waals surface area (Å²) in [5.74, 6) is 0.243. The molecule has 1 heterocycles. The summed E-state index contributed by atoms with van der Waals surface area (Å²) >= 11 is 0. The van der Waals surface area contributed by atoms with E-state index >= 15 is 0 Å². The Kier molecular flexibility index (Phi) is 4.69. The van der Waals surface area contributed by atoms with Crippen molar-refractivity contribution in [2.24, 2.45) is 5.41 Å². The quantitative estimate of drug-likeness (QED) is 0.802. The van der Waals surface area contributed by atoms with Crippen LogP contribution in [0, 0.1) is 5.41 Å². The van der Waals surface area contributed by atoms with Crippen LogP contribution in [0.4, 0.5) is 5.95 Å². The first-order valence-electron chi connectivity index (χ1n) is 6.17. The maximum Gasteiger partial charge on any atom is 0.303 e. The van der Waals surface area contributed by atoms with Crippen molar-refractivity contribution in [3.05, 3.63) is 5.89 Å². The molecule has 0 saturated heterocycles. The molecule has 0 fully saturated rings. The zero-order valence-corrected chi connectivity index (χ0v) is 11.4. The molecule has 6 nitrogen and oxygen atoms in total. The zero-order chi connectivity index (χ0) is 13.8. The summed E-state index contributed by atoms with van der Waals surface area (Å²) in [4.78, 5) is 17.0. The molecule has 0 aliphatic heterocycles. The molecule has 0 aromatic carbocycles. The van der Waals surface area contributed by atoms with Gasteiger partial charge in [-0.1, -0.05) is 13.8 Å². The molecule has 0 aliphatic rings. The number of rotatable bonds is 7. The minimum absolute atomic E-state index is 0.0793. The molecular formula is C12H21N3O3. The monoisotopic (exact) mass is 255 g/mol. The summed E-state index contributed by atoms with van der Waals surface area (Å²) in [6.45, 7) is 9.43. The van der Waals surface area contributed by atoms with Crippen molar-refractivity contribution in [3.63, 3.8) is 0 Å². The van der Waals surface area contributed by atoms with Crippen molar-refractivity contribution in [1.82, 2.24) is 10.1 Å². The maximum absolute atomic E-state index is 10.7. The molecule has 0 radical (unpaired) electrons. The topological polar surface area (TPSA) is 79.5 Å². The molecule has 0 amide bonds. The van der Waals surface area contributed by atoms with Crippen LogP contribution in [-0.4, -0.2) is 34.3 Å². The molecule has 6 heteroatoms. The van der Waals surface area contributed by atoms with Crippen molar-refractivity contribution in [3.8, 4) is 0 Å². The standard InChI is InChI=1S/C12H21N3O3/c1-5-15(6-2)11-13-9(18-14-11)7-12(3,4)8-10(16)17/h5-8H2,1-4H3,(H,16,17). The number of hydrogen-bond donors (Lipinski definition) is 1. The highest BCUT2D eigenvalue weighted by atomic mass is 16.5. The lowest BCUT2D eigenvalue weighted by Crippen LogP contribution is -2.23. The van der Waals surface area contributed by atoms with Crippen LogP contribution < -0.4 is 4.90 Å². The molecule has 0 aliphatic carbocycles. The van der Waals surface area contributed by atoms with Crippen LogP contribution in [0.25, 0.3) is 0 Å². The van der Waals surface area contributed by atoms with Gasteiger partial charge in [0.2, 0.25) is 5.89 Å². The van der Waals surface area contributed by atoms with E-state index in [-0.39, 0.29) is 11.8 Å². The SMILES string of the molecule is CCN(CC)c1noc(CC(C)(C)CC(=O)O)n1. The van der Waals surface area contributed by atoms with E-state index in [0.717, 1.165) is 13.1 Å². The van der Waals surface area contributed by atoms with E-state index in [4.69, 9.17) is 9.63 Å². The fourth-order valence-electron chi connectivity index (χ4n) is 1.83. The number of aromatic nitrogens is 2. The second-order valence-corrected chi connectivity index (χ2v) is 5.07. The van der Waals surface area contributed by atoms with Crippen molar-refractivity contribution >= 4 is 11.9 Å². The summed E-state index contributed by atoms with van der Waals surface area (Å²) in [5.41, 5.74) is -0.390. The van der Waals surface area contributed by atoms with Gasteiger partial charge in [-0.15, -0.1) is 0 Å². The Morgan fingerprint density at radius 3 is 2.50 bits per heavy atom. The lowest BCUT2D eigenvalue weighted by molar-refractivity contribution is -0.139. The van der Waals surface area contributed by atoms with E-state index in [1.807, 2.05) is 32.6 Å². The predicted molar refractivity (Wildman–Crippen MR) is 67.6 cm³/mol. The number of carboxylic acid groups (broad SMARTS) is 1. The van der Waals surface area contributed by atoms with E-state index in [0.29, 0.717) is 18.3 Å². The molecule has 1 N–H and O–H groups in total. The van der Waals surface area contributed by atoms with E-state index < -0.39 is 5.97 Å². The minimum Gasteiger partial charge on any atom is -0.481 e. The molecule has 1 rings (SSSR count). The molecule has 0 atom stereocenters. The summed E-state index contributed by atoms with van der Waals surface area (Å²) in [6, 6.07) is 0. The molecule has 0 bridgehead atoms. The fraction of sp³-hybridized carbons (Fsp3) is 0.750. The average molecular weight is 255 g/mol. The average Bonchev–Trinajstić information content (AvgIpc) is 2.65. The van der Waals surface area contributed by atoms with Gasteiger partial charge < -0.3 is 14.5 Å². The summed E-state index contributed by atoms with van der Waals surface area (Å²) < 4.78 is 5.17. The smallest absolute Gasteiger partial charge is 0.303 e. The van der Waals surface area contributed by atoms with Crippen molar-refractivity contribution < 1.29 is 14.4 Å². The van der Waals surface area contributed by atoms with Crippen molar-refractivity contribution in [2.75, 3.05) is 18.0 Å². The van der Waals surface area contributed by atoms with Crippen molar-refractivity contribution in [1.29, 1.82) is 0 Å². The molecule has 1 aromatic heterocycles. The Morgan fingerprint density at radius 1 is 1.39 bits per heavy atom. The Hall–Kier alpha value is -1.59. The first-order valence-corrected chi connectivity index (χ1v) is 6.17. The lowest BCUT2D eigenvalue weighted by atomic mass is 9.86. The highest BCUT2D eigenvalue weighted by Crippen LogP contribution is 2.25. The second kappa shape index (κ2) is 5.84. The summed E-state index contributed by atoms with van der Waals surface area (Å²) in [7, 11) is 0.